The molecule has 0 aliphatic heterocycles. The van der Waals surface area contributed by atoms with E-state index in [1.807, 2.05) is 29.2 Å². The first-order valence-electron chi connectivity index (χ1n) is 3.35. The molecule has 0 N–H and O–H groups in total. The smallest absolute Gasteiger partial charge is 0.189 e. The maximum atomic E-state index is 4.21. The van der Waals surface area contributed by atoms with E-state index in [4.69, 9.17) is 0 Å². The highest BCUT2D eigenvalue weighted by Gasteiger charge is 2.03. The van der Waals surface area contributed by atoms with Crippen LogP contribution in [0, 0.1) is 3.57 Å². The van der Waals surface area contributed by atoms with Crippen LogP contribution < -0.4 is 0 Å². The van der Waals surface area contributed by atoms with E-state index in [9.17, 15) is 0 Å². The van der Waals surface area contributed by atoms with Crippen LogP contribution in [0.25, 0.3) is 5.52 Å². The van der Waals surface area contributed by atoms with Crippen LogP contribution in [0.4, 0.5) is 0 Å². The van der Waals surface area contributed by atoms with E-state index in [1.165, 1.54) is 0 Å². The first-order valence-corrected chi connectivity index (χ1v) is 5.65. The average Bonchev–Trinajstić information content (AvgIpc) is 2.48. The van der Waals surface area contributed by atoms with Gasteiger partial charge in [0.05, 0.1) is 15.3 Å². The summed E-state index contributed by atoms with van der Waals surface area (Å²) in [6, 6.07) is 1.97. The molecule has 0 aliphatic carbocycles. The molecule has 0 saturated heterocycles. The van der Waals surface area contributed by atoms with Crippen molar-refractivity contribution in [1.82, 2.24) is 14.6 Å². The average molecular weight is 291 g/mol. The van der Waals surface area contributed by atoms with Crippen LogP contribution in [0.5, 0.6) is 0 Å². The van der Waals surface area contributed by atoms with Crippen LogP contribution in [0.1, 0.15) is 0 Å². The lowest BCUT2D eigenvalue weighted by atomic mass is 10.5. The molecule has 0 bridgehead atoms. The number of nitrogens with zero attached hydrogens (tertiary/aromatic N) is 3. The van der Waals surface area contributed by atoms with Crippen LogP contribution in [0.15, 0.2) is 23.6 Å². The van der Waals surface area contributed by atoms with E-state index in [1.54, 1.807) is 11.8 Å². The van der Waals surface area contributed by atoms with Crippen molar-refractivity contribution in [1.29, 1.82) is 0 Å². The van der Waals surface area contributed by atoms with E-state index < -0.39 is 0 Å². The predicted molar refractivity (Wildman–Crippen MR) is 57.5 cm³/mol. The Morgan fingerprint density at radius 1 is 1.58 bits per heavy atom. The third-order valence-electron chi connectivity index (χ3n) is 1.54. The molecule has 2 aromatic heterocycles. The summed E-state index contributed by atoms with van der Waals surface area (Å²) < 4.78 is 3.01. The number of hydrogen-bond acceptors (Lipinski definition) is 3. The summed E-state index contributed by atoms with van der Waals surface area (Å²) >= 11 is 3.86. The molecule has 0 spiro atoms. The molecule has 12 heavy (non-hydrogen) atoms. The van der Waals surface area contributed by atoms with Gasteiger partial charge in [-0.15, -0.1) is 0 Å². The largest absolute Gasteiger partial charge is 0.231 e. The fraction of sp³-hybridized carbons (Fsp3) is 0.143. The fourth-order valence-electron chi connectivity index (χ4n) is 1.01. The number of aromatic nitrogens is 3. The zero-order chi connectivity index (χ0) is 8.55. The van der Waals surface area contributed by atoms with Crippen LogP contribution in [-0.2, 0) is 0 Å². The predicted octanol–water partition coefficient (Wildman–Crippen LogP) is 2.06. The molecule has 0 unspecified atom stereocenters. The molecule has 0 fully saturated rings. The number of hydrogen-bond donors (Lipinski definition) is 0. The molecule has 0 radical (unpaired) electrons. The monoisotopic (exact) mass is 291 g/mol. The molecule has 0 aromatic carbocycles. The third kappa shape index (κ3) is 1.20. The first kappa shape index (κ1) is 8.31. The maximum Gasteiger partial charge on any atom is 0.189 e. The minimum Gasteiger partial charge on any atom is -0.231 e. The van der Waals surface area contributed by atoms with Crippen molar-refractivity contribution in [3.63, 3.8) is 0 Å². The summed E-state index contributed by atoms with van der Waals surface area (Å²) in [7, 11) is 0. The van der Waals surface area contributed by atoms with Crippen molar-refractivity contribution < 1.29 is 0 Å². The lowest BCUT2D eigenvalue weighted by Gasteiger charge is -1.98. The summed E-state index contributed by atoms with van der Waals surface area (Å²) in [6.45, 7) is 0. The summed E-state index contributed by atoms with van der Waals surface area (Å²) in [5, 5.41) is 5.14. The number of fused-ring (bicyclic) bond motifs is 1. The van der Waals surface area contributed by atoms with E-state index in [0.29, 0.717) is 0 Å². The first-order chi connectivity index (χ1) is 5.83. The molecule has 0 saturated carbocycles. The molecule has 2 heterocycles. The molecule has 3 nitrogen and oxygen atoms in total. The zero-order valence-corrected chi connectivity index (χ0v) is 9.33. The summed E-state index contributed by atoms with van der Waals surface area (Å²) in [5.41, 5.74) is 1.12. The van der Waals surface area contributed by atoms with Crippen molar-refractivity contribution in [2.45, 2.75) is 5.16 Å². The molecule has 0 amide bonds. The quantitative estimate of drug-likeness (QED) is 0.458. The Kier molecular flexibility index (Phi) is 2.22. The van der Waals surface area contributed by atoms with Crippen molar-refractivity contribution in [2.24, 2.45) is 0 Å². The van der Waals surface area contributed by atoms with Crippen LogP contribution in [-0.4, -0.2) is 20.9 Å². The molecule has 2 aromatic rings. The van der Waals surface area contributed by atoms with Gasteiger partial charge in [-0.25, -0.2) is 9.50 Å². The van der Waals surface area contributed by atoms with Gasteiger partial charge < -0.3 is 0 Å². The van der Waals surface area contributed by atoms with Crippen LogP contribution in [0.3, 0.4) is 0 Å². The molecule has 0 aliphatic rings. The van der Waals surface area contributed by atoms with Gasteiger partial charge in [-0.1, -0.05) is 11.8 Å². The Hall–Kier alpha value is -0.300. The molecule has 2 rings (SSSR count). The van der Waals surface area contributed by atoms with Crippen molar-refractivity contribution in [2.75, 3.05) is 6.26 Å². The van der Waals surface area contributed by atoms with Crippen molar-refractivity contribution in [3.05, 3.63) is 22.0 Å². The normalized spacial score (nSPS) is 10.8. The van der Waals surface area contributed by atoms with Crippen LogP contribution >= 0.6 is 34.4 Å². The molecule has 62 valence electrons. The number of rotatable bonds is 1. The Balaban J connectivity index is 2.81. The molecular weight excluding hydrogens is 285 g/mol. The van der Waals surface area contributed by atoms with E-state index >= 15 is 0 Å². The van der Waals surface area contributed by atoms with E-state index in [-0.39, 0.29) is 0 Å². The summed E-state index contributed by atoms with van der Waals surface area (Å²) in [6.07, 6.45) is 5.65. The van der Waals surface area contributed by atoms with Crippen LogP contribution in [0.2, 0.25) is 0 Å². The van der Waals surface area contributed by atoms with Gasteiger partial charge in [0, 0.05) is 6.20 Å². The summed E-state index contributed by atoms with van der Waals surface area (Å²) in [5.74, 6) is 0. The van der Waals surface area contributed by atoms with Gasteiger partial charge in [-0.05, 0) is 34.9 Å². The van der Waals surface area contributed by atoms with Gasteiger partial charge in [-0.2, -0.15) is 5.10 Å². The number of halogens is 1. The van der Waals surface area contributed by atoms with Crippen molar-refractivity contribution >= 4 is 39.9 Å². The Labute approximate surface area is 87.7 Å². The van der Waals surface area contributed by atoms with Gasteiger partial charge >= 0.3 is 0 Å². The van der Waals surface area contributed by atoms with Gasteiger partial charge in [-0.3, -0.25) is 0 Å². The Bertz CT molecular complexity index is 412. The second-order valence-electron chi connectivity index (χ2n) is 2.22. The number of thioether (sulfide) groups is 1. The minimum absolute atomic E-state index is 0.926. The highest BCUT2D eigenvalue weighted by Crippen LogP contribution is 2.17. The Morgan fingerprint density at radius 3 is 3.17 bits per heavy atom. The van der Waals surface area contributed by atoms with Gasteiger partial charge in [0.25, 0.3) is 0 Å². The van der Waals surface area contributed by atoms with Gasteiger partial charge in [0.15, 0.2) is 5.16 Å². The maximum absolute atomic E-state index is 4.21. The SMILES string of the molecule is CSc1nccc2c(I)cnn12. The standard InChI is InChI=1S/C7H6IN3S/c1-12-7-9-3-2-6-5(8)4-10-11(6)7/h2-4H,1H3. The lowest BCUT2D eigenvalue weighted by Crippen LogP contribution is -1.93. The third-order valence-corrected chi connectivity index (χ3v) is 3.02. The van der Waals surface area contributed by atoms with Gasteiger partial charge in [0.2, 0.25) is 0 Å². The fourth-order valence-corrected chi connectivity index (χ4v) is 2.02. The van der Waals surface area contributed by atoms with E-state index in [0.717, 1.165) is 14.2 Å². The minimum atomic E-state index is 0.926. The molecule has 0 atom stereocenters. The van der Waals surface area contributed by atoms with Crippen molar-refractivity contribution in [3.8, 4) is 0 Å². The van der Waals surface area contributed by atoms with E-state index in [2.05, 4.69) is 32.7 Å². The highest BCUT2D eigenvalue weighted by atomic mass is 127. The second-order valence-corrected chi connectivity index (χ2v) is 4.16. The zero-order valence-electron chi connectivity index (χ0n) is 6.36. The van der Waals surface area contributed by atoms with Gasteiger partial charge in [0.1, 0.15) is 0 Å². The highest BCUT2D eigenvalue weighted by molar-refractivity contribution is 14.1. The second kappa shape index (κ2) is 3.21. The Morgan fingerprint density at radius 2 is 2.42 bits per heavy atom. The topological polar surface area (TPSA) is 30.2 Å². The molecular formula is C7H6IN3S. The summed E-state index contributed by atoms with van der Waals surface area (Å²) in [4.78, 5) is 4.20. The molecule has 5 heteroatoms. The lowest BCUT2D eigenvalue weighted by molar-refractivity contribution is 0.796.